The molecular weight excluding hydrogens is 490 g/mol. The second kappa shape index (κ2) is 11.7. The van der Waals surface area contributed by atoms with E-state index in [4.69, 9.17) is 14.5 Å². The maximum absolute atomic E-state index is 14.1. The Morgan fingerprint density at radius 1 is 0.974 bits per heavy atom. The van der Waals surface area contributed by atoms with Crippen LogP contribution in [-0.4, -0.2) is 41.2 Å². The Morgan fingerprint density at radius 2 is 1.69 bits per heavy atom. The number of imidazole rings is 1. The van der Waals surface area contributed by atoms with E-state index in [0.29, 0.717) is 31.4 Å². The highest BCUT2D eigenvalue weighted by molar-refractivity contribution is 6.08. The molecule has 0 unspecified atom stereocenters. The topological polar surface area (TPSA) is 73.7 Å². The quantitative estimate of drug-likeness (QED) is 0.193. The van der Waals surface area contributed by atoms with Crippen LogP contribution in [0, 0.1) is 11.8 Å². The monoisotopic (exact) mass is 525 g/mol. The maximum atomic E-state index is 14.1. The number of ether oxygens (including phenoxy) is 2. The van der Waals surface area contributed by atoms with Crippen LogP contribution in [0.3, 0.4) is 0 Å². The zero-order valence-electron chi connectivity index (χ0n) is 22.7. The second-order valence-electron chi connectivity index (χ2n) is 10.3. The van der Waals surface area contributed by atoms with Gasteiger partial charge in [0.1, 0.15) is 5.75 Å². The molecule has 0 bridgehead atoms. The minimum absolute atomic E-state index is 0.194. The summed E-state index contributed by atoms with van der Waals surface area (Å²) in [5.41, 5.74) is 3.56. The SMILES string of the molecule is CCOC(=O)[C@@H]1C(=O)N(CCc2ccccc2)c2nc3ccccc3n2[C@@H]1c1ccc(OCCC(C)C)cc1. The van der Waals surface area contributed by atoms with Crippen LogP contribution in [0.1, 0.15) is 44.4 Å². The molecule has 7 nitrogen and oxygen atoms in total. The number of aromatic nitrogens is 2. The molecule has 1 aromatic heterocycles. The highest BCUT2D eigenvalue weighted by atomic mass is 16.5. The maximum Gasteiger partial charge on any atom is 0.321 e. The molecule has 4 aromatic rings. The molecule has 3 aromatic carbocycles. The number of carbonyl (C=O) groups excluding carboxylic acids is 2. The van der Waals surface area contributed by atoms with E-state index in [9.17, 15) is 9.59 Å². The Hall–Kier alpha value is -4.13. The van der Waals surface area contributed by atoms with Gasteiger partial charge in [-0.25, -0.2) is 4.98 Å². The molecule has 0 N–H and O–H groups in total. The number of esters is 1. The number of benzene rings is 3. The third kappa shape index (κ3) is 5.53. The minimum Gasteiger partial charge on any atom is -0.494 e. The van der Waals surface area contributed by atoms with Gasteiger partial charge in [-0.15, -0.1) is 0 Å². The van der Waals surface area contributed by atoms with Crippen molar-refractivity contribution in [2.45, 2.75) is 39.7 Å². The van der Waals surface area contributed by atoms with Crippen LogP contribution in [0.25, 0.3) is 11.0 Å². The van der Waals surface area contributed by atoms with Crippen molar-refractivity contribution in [3.8, 4) is 5.75 Å². The number of amides is 1. The average Bonchev–Trinajstić information content (AvgIpc) is 3.32. The van der Waals surface area contributed by atoms with Crippen molar-refractivity contribution in [2.24, 2.45) is 11.8 Å². The molecule has 0 aliphatic carbocycles. The number of nitrogens with zero attached hydrogens (tertiary/aromatic N) is 3. The number of anilines is 1. The van der Waals surface area contributed by atoms with E-state index >= 15 is 0 Å². The zero-order valence-corrected chi connectivity index (χ0v) is 22.7. The lowest BCUT2D eigenvalue weighted by Crippen LogP contribution is -2.50. The normalized spacial score (nSPS) is 16.9. The summed E-state index contributed by atoms with van der Waals surface area (Å²) in [5.74, 6) is -0.0131. The summed E-state index contributed by atoms with van der Waals surface area (Å²) >= 11 is 0. The largest absolute Gasteiger partial charge is 0.494 e. The fraction of sp³-hybridized carbons (Fsp3) is 0.344. The lowest BCUT2D eigenvalue weighted by atomic mass is 9.89. The molecule has 7 heteroatoms. The van der Waals surface area contributed by atoms with Crippen molar-refractivity contribution in [1.29, 1.82) is 0 Å². The van der Waals surface area contributed by atoms with Crippen molar-refractivity contribution in [1.82, 2.24) is 9.55 Å². The van der Waals surface area contributed by atoms with Gasteiger partial charge in [0, 0.05) is 6.54 Å². The van der Waals surface area contributed by atoms with Crippen LogP contribution in [0.5, 0.6) is 5.75 Å². The van der Waals surface area contributed by atoms with Crippen LogP contribution in [-0.2, 0) is 20.7 Å². The van der Waals surface area contributed by atoms with E-state index in [1.807, 2.05) is 83.4 Å². The van der Waals surface area contributed by atoms with Crippen LogP contribution in [0.15, 0.2) is 78.9 Å². The first-order valence-corrected chi connectivity index (χ1v) is 13.7. The molecule has 0 saturated heterocycles. The first kappa shape index (κ1) is 26.5. The Morgan fingerprint density at radius 3 is 2.41 bits per heavy atom. The predicted molar refractivity (Wildman–Crippen MR) is 152 cm³/mol. The summed E-state index contributed by atoms with van der Waals surface area (Å²) < 4.78 is 13.4. The lowest BCUT2D eigenvalue weighted by Gasteiger charge is -2.38. The number of fused-ring (bicyclic) bond motifs is 3. The van der Waals surface area contributed by atoms with Gasteiger partial charge in [-0.1, -0.05) is 68.4 Å². The van der Waals surface area contributed by atoms with E-state index in [-0.39, 0.29) is 12.5 Å². The van der Waals surface area contributed by atoms with Gasteiger partial charge in [0.15, 0.2) is 5.92 Å². The van der Waals surface area contributed by atoms with Gasteiger partial charge in [-0.2, -0.15) is 0 Å². The zero-order chi connectivity index (χ0) is 27.4. The number of hydrogen-bond acceptors (Lipinski definition) is 5. The van der Waals surface area contributed by atoms with Crippen molar-refractivity contribution in [3.63, 3.8) is 0 Å². The van der Waals surface area contributed by atoms with Gasteiger partial charge in [0.25, 0.3) is 0 Å². The Balaban J connectivity index is 1.57. The van der Waals surface area contributed by atoms with Gasteiger partial charge in [-0.05, 0) is 61.1 Å². The standard InChI is InChI=1S/C32H35N3O4/c1-4-38-31(37)28-29(24-14-16-25(17-15-24)39-21-19-22(2)3)35-27-13-9-8-12-26(27)33-32(35)34(30(28)36)20-18-23-10-6-5-7-11-23/h5-17,22,28-29H,4,18-21H2,1-3H3/t28-,29+/m0/s1. The summed E-state index contributed by atoms with van der Waals surface area (Å²) in [6.45, 7) is 7.32. The molecule has 1 aliphatic rings. The van der Waals surface area contributed by atoms with Crippen LogP contribution in [0.4, 0.5) is 5.95 Å². The van der Waals surface area contributed by atoms with Crippen LogP contribution >= 0.6 is 0 Å². The van der Waals surface area contributed by atoms with Gasteiger partial charge in [0.2, 0.25) is 11.9 Å². The van der Waals surface area contributed by atoms with E-state index in [0.717, 1.165) is 34.3 Å². The summed E-state index contributed by atoms with van der Waals surface area (Å²) in [4.78, 5) is 34.1. The number of carbonyl (C=O) groups is 2. The summed E-state index contributed by atoms with van der Waals surface area (Å²) in [6, 6.07) is 24.9. The van der Waals surface area contributed by atoms with Gasteiger partial charge >= 0.3 is 5.97 Å². The first-order chi connectivity index (χ1) is 19.0. The number of para-hydroxylation sites is 2. The second-order valence-corrected chi connectivity index (χ2v) is 10.3. The van der Waals surface area contributed by atoms with E-state index in [2.05, 4.69) is 13.8 Å². The fourth-order valence-electron chi connectivity index (χ4n) is 5.12. The van der Waals surface area contributed by atoms with E-state index in [1.54, 1.807) is 11.8 Å². The molecule has 2 atom stereocenters. The summed E-state index contributed by atoms with van der Waals surface area (Å²) in [6.07, 6.45) is 1.60. The highest BCUT2D eigenvalue weighted by Crippen LogP contribution is 2.41. The molecular formula is C32H35N3O4. The Kier molecular flexibility index (Phi) is 7.96. The fourth-order valence-corrected chi connectivity index (χ4v) is 5.12. The van der Waals surface area contributed by atoms with Crippen molar-refractivity contribution >= 4 is 28.9 Å². The molecule has 1 aliphatic heterocycles. The smallest absolute Gasteiger partial charge is 0.321 e. The van der Waals surface area contributed by atoms with Crippen molar-refractivity contribution < 1.29 is 19.1 Å². The van der Waals surface area contributed by atoms with E-state index in [1.165, 1.54) is 0 Å². The molecule has 0 saturated carbocycles. The third-order valence-corrected chi connectivity index (χ3v) is 7.14. The van der Waals surface area contributed by atoms with Crippen LogP contribution in [0.2, 0.25) is 0 Å². The Labute approximate surface area is 229 Å². The van der Waals surface area contributed by atoms with Gasteiger partial charge < -0.3 is 14.0 Å². The minimum atomic E-state index is -1.04. The van der Waals surface area contributed by atoms with Crippen LogP contribution < -0.4 is 9.64 Å². The van der Waals surface area contributed by atoms with Crippen molar-refractivity contribution in [3.05, 3.63) is 90.0 Å². The van der Waals surface area contributed by atoms with Gasteiger partial charge in [0.05, 0.1) is 30.3 Å². The highest BCUT2D eigenvalue weighted by Gasteiger charge is 2.47. The van der Waals surface area contributed by atoms with E-state index < -0.39 is 17.9 Å². The van der Waals surface area contributed by atoms with Crippen molar-refractivity contribution in [2.75, 3.05) is 24.7 Å². The molecule has 5 rings (SSSR count). The molecule has 0 radical (unpaired) electrons. The average molecular weight is 526 g/mol. The first-order valence-electron chi connectivity index (χ1n) is 13.7. The molecule has 2 heterocycles. The third-order valence-electron chi connectivity index (χ3n) is 7.14. The molecule has 39 heavy (non-hydrogen) atoms. The molecule has 202 valence electrons. The summed E-state index contributed by atoms with van der Waals surface area (Å²) in [5, 5.41) is 0. The molecule has 0 spiro atoms. The summed E-state index contributed by atoms with van der Waals surface area (Å²) in [7, 11) is 0. The number of rotatable bonds is 10. The number of hydrogen-bond donors (Lipinski definition) is 0. The molecule has 0 fully saturated rings. The predicted octanol–water partition coefficient (Wildman–Crippen LogP) is 5.82. The molecule has 1 amide bonds. The van der Waals surface area contributed by atoms with Gasteiger partial charge in [-0.3, -0.25) is 14.5 Å². The lowest BCUT2D eigenvalue weighted by molar-refractivity contribution is -0.153. The Bertz CT molecular complexity index is 1430.